The lowest BCUT2D eigenvalue weighted by atomic mass is 9.91. The lowest BCUT2D eigenvalue weighted by molar-refractivity contribution is -0.120. The summed E-state index contributed by atoms with van der Waals surface area (Å²) in [4.78, 5) is 24.1. The first-order valence-corrected chi connectivity index (χ1v) is 9.95. The summed E-state index contributed by atoms with van der Waals surface area (Å²) in [6.07, 6.45) is 11.7. The molecule has 0 spiro atoms. The molecule has 1 heterocycles. The minimum Gasteiger partial charge on any atom is -0.278 e. The fourth-order valence-corrected chi connectivity index (χ4v) is 3.07. The minimum atomic E-state index is -0.0423. The van der Waals surface area contributed by atoms with Crippen molar-refractivity contribution in [2.24, 2.45) is 5.41 Å². The number of hydrogen-bond acceptors (Lipinski definition) is 3. The molecule has 0 N–H and O–H groups in total. The summed E-state index contributed by atoms with van der Waals surface area (Å²) < 4.78 is 0. The van der Waals surface area contributed by atoms with Crippen molar-refractivity contribution in [3.05, 3.63) is 18.0 Å². The Hall–Kier alpha value is -1.45. The van der Waals surface area contributed by atoms with Crippen LogP contribution < -0.4 is 4.90 Å². The third-order valence-corrected chi connectivity index (χ3v) is 4.29. The van der Waals surface area contributed by atoms with Crippen LogP contribution in [0, 0.1) is 5.41 Å². The van der Waals surface area contributed by atoms with Gasteiger partial charge in [-0.25, -0.2) is 9.97 Å². The van der Waals surface area contributed by atoms with E-state index in [1.165, 1.54) is 0 Å². The van der Waals surface area contributed by atoms with E-state index in [1.807, 2.05) is 17.3 Å². The van der Waals surface area contributed by atoms with Gasteiger partial charge >= 0.3 is 0 Å². The van der Waals surface area contributed by atoms with Gasteiger partial charge in [-0.2, -0.15) is 0 Å². The summed E-state index contributed by atoms with van der Waals surface area (Å²) in [6.45, 7) is 12.8. The zero-order valence-corrected chi connectivity index (χ0v) is 17.1. The number of rotatable bonds is 10. The van der Waals surface area contributed by atoms with Crippen molar-refractivity contribution in [2.45, 2.75) is 99.0 Å². The second-order valence-electron chi connectivity index (χ2n) is 8.23. The average Bonchev–Trinajstić information content (AvgIpc) is 2.53. The molecule has 0 aliphatic rings. The van der Waals surface area contributed by atoms with Gasteiger partial charge < -0.3 is 0 Å². The molecule has 25 heavy (non-hydrogen) atoms. The maximum absolute atomic E-state index is 13.1. The Labute approximate surface area is 154 Å². The Morgan fingerprint density at radius 1 is 1.04 bits per heavy atom. The molecule has 142 valence electrons. The van der Waals surface area contributed by atoms with Gasteiger partial charge in [0, 0.05) is 24.9 Å². The normalized spacial score (nSPS) is 11.8. The van der Waals surface area contributed by atoms with E-state index in [4.69, 9.17) is 0 Å². The fraction of sp³-hybridized carbons (Fsp3) is 0.762. The zero-order valence-electron chi connectivity index (χ0n) is 17.1. The molecule has 1 aromatic rings. The highest BCUT2D eigenvalue weighted by atomic mass is 16.2. The highest BCUT2D eigenvalue weighted by molar-refractivity contribution is 5.92. The van der Waals surface area contributed by atoms with Gasteiger partial charge in [-0.05, 0) is 36.7 Å². The SMILES string of the molecule is CCCCc1cnc(N(C(=O)CC(C)(C)C)C(CCC)CCC)nc1. The van der Waals surface area contributed by atoms with Gasteiger partial charge in [0.1, 0.15) is 0 Å². The first-order valence-electron chi connectivity index (χ1n) is 9.95. The number of unbranched alkanes of at least 4 members (excludes halogenated alkanes) is 1. The first-order chi connectivity index (χ1) is 11.8. The number of carbonyl (C=O) groups excluding carboxylic acids is 1. The third kappa shape index (κ3) is 7.54. The molecule has 4 heteroatoms. The van der Waals surface area contributed by atoms with Crippen molar-refractivity contribution in [1.29, 1.82) is 0 Å². The van der Waals surface area contributed by atoms with E-state index in [9.17, 15) is 4.79 Å². The van der Waals surface area contributed by atoms with E-state index in [0.29, 0.717) is 12.4 Å². The molecule has 0 bridgehead atoms. The second kappa shape index (κ2) is 10.5. The first kappa shape index (κ1) is 21.6. The van der Waals surface area contributed by atoms with E-state index in [0.717, 1.165) is 50.5 Å². The molecule has 1 amide bonds. The van der Waals surface area contributed by atoms with E-state index < -0.39 is 0 Å². The number of anilines is 1. The number of nitrogens with zero attached hydrogens (tertiary/aromatic N) is 3. The van der Waals surface area contributed by atoms with E-state index in [2.05, 4.69) is 51.5 Å². The van der Waals surface area contributed by atoms with Gasteiger partial charge in [0.15, 0.2) is 0 Å². The molecule has 4 nitrogen and oxygen atoms in total. The van der Waals surface area contributed by atoms with Crippen molar-refractivity contribution in [3.63, 3.8) is 0 Å². The highest BCUT2D eigenvalue weighted by Crippen LogP contribution is 2.25. The molecule has 0 fully saturated rings. The molecule has 0 aliphatic carbocycles. The van der Waals surface area contributed by atoms with Gasteiger partial charge in [0.2, 0.25) is 11.9 Å². The van der Waals surface area contributed by atoms with Crippen molar-refractivity contribution in [2.75, 3.05) is 4.90 Å². The quantitative estimate of drug-likeness (QED) is 0.557. The molecule has 0 unspecified atom stereocenters. The molecule has 0 radical (unpaired) electrons. The Morgan fingerprint density at radius 3 is 2.04 bits per heavy atom. The maximum atomic E-state index is 13.1. The molecule has 1 rings (SSSR count). The second-order valence-corrected chi connectivity index (χ2v) is 8.23. The van der Waals surface area contributed by atoms with Crippen molar-refractivity contribution in [3.8, 4) is 0 Å². The average molecular weight is 348 g/mol. The lowest BCUT2D eigenvalue weighted by Crippen LogP contribution is -2.43. The van der Waals surface area contributed by atoms with Crippen molar-refractivity contribution >= 4 is 11.9 Å². The molecular weight excluding hydrogens is 310 g/mol. The summed E-state index contributed by atoms with van der Waals surface area (Å²) in [5, 5.41) is 0. The fourth-order valence-electron chi connectivity index (χ4n) is 3.07. The summed E-state index contributed by atoms with van der Waals surface area (Å²) in [5.41, 5.74) is 1.11. The standard InChI is InChI=1S/C21H37N3O/c1-7-10-13-17-15-22-20(23-16-17)24(18(11-8-2)12-9-3)19(25)14-21(4,5)6/h15-16,18H,7-14H2,1-6H3. The van der Waals surface area contributed by atoms with E-state index in [-0.39, 0.29) is 17.4 Å². The highest BCUT2D eigenvalue weighted by Gasteiger charge is 2.29. The van der Waals surface area contributed by atoms with Crippen LogP contribution in [0.15, 0.2) is 12.4 Å². The van der Waals surface area contributed by atoms with Gasteiger partial charge in [0.25, 0.3) is 0 Å². The molecule has 0 atom stereocenters. The van der Waals surface area contributed by atoms with Crippen molar-refractivity contribution < 1.29 is 4.79 Å². The zero-order chi connectivity index (χ0) is 18.9. The topological polar surface area (TPSA) is 46.1 Å². The predicted molar refractivity (Wildman–Crippen MR) is 106 cm³/mol. The number of aryl methyl sites for hydroxylation is 1. The van der Waals surface area contributed by atoms with Crippen LogP contribution in [0.4, 0.5) is 5.95 Å². The summed E-state index contributed by atoms with van der Waals surface area (Å²) >= 11 is 0. The van der Waals surface area contributed by atoms with E-state index in [1.54, 1.807) is 0 Å². The van der Waals surface area contributed by atoms with Crippen LogP contribution >= 0.6 is 0 Å². The molecular formula is C21H37N3O. The number of amides is 1. The predicted octanol–water partition coefficient (Wildman–Crippen LogP) is 5.56. The molecule has 0 aromatic carbocycles. The summed E-state index contributed by atoms with van der Waals surface area (Å²) in [5.74, 6) is 0.710. The minimum absolute atomic E-state index is 0.0423. The lowest BCUT2D eigenvalue weighted by Gasteiger charge is -2.32. The molecule has 0 saturated carbocycles. The Morgan fingerprint density at radius 2 is 1.60 bits per heavy atom. The molecule has 0 saturated heterocycles. The van der Waals surface area contributed by atoms with Crippen LogP contribution in [-0.4, -0.2) is 21.9 Å². The van der Waals surface area contributed by atoms with Crippen molar-refractivity contribution in [1.82, 2.24) is 9.97 Å². The van der Waals surface area contributed by atoms with Gasteiger partial charge in [-0.3, -0.25) is 9.69 Å². The van der Waals surface area contributed by atoms with Gasteiger partial charge in [-0.15, -0.1) is 0 Å². The van der Waals surface area contributed by atoms with E-state index >= 15 is 0 Å². The smallest absolute Gasteiger partial charge is 0.232 e. The maximum Gasteiger partial charge on any atom is 0.232 e. The Balaban J connectivity index is 3.09. The molecule has 1 aromatic heterocycles. The Kier molecular flexibility index (Phi) is 9.09. The molecule has 0 aliphatic heterocycles. The summed E-state index contributed by atoms with van der Waals surface area (Å²) in [6, 6.07) is 0.186. The third-order valence-electron chi connectivity index (χ3n) is 4.29. The van der Waals surface area contributed by atoms with Gasteiger partial charge in [-0.1, -0.05) is 60.8 Å². The van der Waals surface area contributed by atoms with Gasteiger partial charge in [0.05, 0.1) is 0 Å². The van der Waals surface area contributed by atoms with Crippen LogP contribution in [0.3, 0.4) is 0 Å². The monoisotopic (exact) mass is 347 g/mol. The number of hydrogen-bond donors (Lipinski definition) is 0. The Bertz CT molecular complexity index is 499. The van der Waals surface area contributed by atoms with Crippen LogP contribution in [0.1, 0.15) is 92.1 Å². The van der Waals surface area contributed by atoms with Crippen LogP contribution in [0.5, 0.6) is 0 Å². The largest absolute Gasteiger partial charge is 0.278 e. The number of carbonyl (C=O) groups is 1. The van der Waals surface area contributed by atoms with Crippen LogP contribution in [0.2, 0.25) is 0 Å². The van der Waals surface area contributed by atoms with Crippen LogP contribution in [0.25, 0.3) is 0 Å². The van der Waals surface area contributed by atoms with Crippen LogP contribution in [-0.2, 0) is 11.2 Å². The summed E-state index contributed by atoms with van der Waals surface area (Å²) in [7, 11) is 0. The number of aromatic nitrogens is 2.